The van der Waals surface area contributed by atoms with Crippen LogP contribution in [0.1, 0.15) is 61.6 Å². The molecule has 2 heterocycles. The van der Waals surface area contributed by atoms with Gasteiger partial charge in [-0.25, -0.2) is 18.4 Å². The zero-order valence-corrected chi connectivity index (χ0v) is 13.3. The zero-order chi connectivity index (χ0) is 14.9. The minimum Gasteiger partial charge on any atom is -0.310 e. The first-order valence-corrected chi connectivity index (χ1v) is 9.70. The lowest BCUT2D eigenvalue weighted by atomic mass is 10.0. The van der Waals surface area contributed by atoms with Crippen LogP contribution in [0.25, 0.3) is 0 Å². The quantitative estimate of drug-likeness (QED) is 0.861. The second-order valence-corrected chi connectivity index (χ2v) is 8.31. The minimum absolute atomic E-state index is 0.0128. The third kappa shape index (κ3) is 3.26. The van der Waals surface area contributed by atoms with Gasteiger partial charge in [0.05, 0.1) is 11.5 Å². The molecule has 6 heteroatoms. The molecule has 0 amide bonds. The van der Waals surface area contributed by atoms with Crippen LogP contribution in [0.5, 0.6) is 0 Å². The predicted octanol–water partition coefficient (Wildman–Crippen LogP) is 1.76. The standard InChI is InChI=1S/C15H23N3O2S/c1-2-16-13-5-3-4-6-14-12(13)9-17-15(18-14)11-7-8-21(19,20)10-11/h9,11,13,16H,2-8,10H2,1H3. The maximum Gasteiger partial charge on any atom is 0.151 e. The highest BCUT2D eigenvalue weighted by Gasteiger charge is 2.31. The molecule has 1 fully saturated rings. The Kier molecular flexibility index (Phi) is 4.26. The molecule has 1 N–H and O–H groups in total. The molecular formula is C15H23N3O2S. The maximum absolute atomic E-state index is 11.6. The van der Waals surface area contributed by atoms with E-state index in [-0.39, 0.29) is 17.4 Å². The molecule has 0 bridgehead atoms. The van der Waals surface area contributed by atoms with Gasteiger partial charge < -0.3 is 5.32 Å². The van der Waals surface area contributed by atoms with E-state index >= 15 is 0 Å². The zero-order valence-electron chi connectivity index (χ0n) is 12.5. The Morgan fingerprint density at radius 3 is 2.90 bits per heavy atom. The fourth-order valence-electron chi connectivity index (χ4n) is 3.38. The molecular weight excluding hydrogens is 286 g/mol. The Hall–Kier alpha value is -1.01. The number of hydrogen-bond acceptors (Lipinski definition) is 5. The first-order chi connectivity index (χ1) is 10.1. The number of rotatable bonds is 3. The lowest BCUT2D eigenvalue weighted by molar-refractivity contribution is 0.501. The highest BCUT2D eigenvalue weighted by Crippen LogP contribution is 2.30. The lowest BCUT2D eigenvalue weighted by Crippen LogP contribution is -2.22. The van der Waals surface area contributed by atoms with Gasteiger partial charge in [-0.1, -0.05) is 13.3 Å². The molecule has 1 aromatic heterocycles. The van der Waals surface area contributed by atoms with Gasteiger partial charge in [0.2, 0.25) is 0 Å². The normalized spacial score (nSPS) is 28.0. The molecule has 0 radical (unpaired) electrons. The highest BCUT2D eigenvalue weighted by atomic mass is 32.2. The van der Waals surface area contributed by atoms with Crippen LogP contribution < -0.4 is 5.32 Å². The molecule has 5 nitrogen and oxygen atoms in total. The monoisotopic (exact) mass is 309 g/mol. The van der Waals surface area contributed by atoms with E-state index in [2.05, 4.69) is 17.2 Å². The second kappa shape index (κ2) is 6.01. The molecule has 116 valence electrons. The van der Waals surface area contributed by atoms with Gasteiger partial charge in [0, 0.05) is 29.4 Å². The predicted molar refractivity (Wildman–Crippen MR) is 82.0 cm³/mol. The van der Waals surface area contributed by atoms with Crippen molar-refractivity contribution in [1.82, 2.24) is 15.3 Å². The van der Waals surface area contributed by atoms with Gasteiger partial charge in [0.1, 0.15) is 5.82 Å². The number of nitrogens with zero attached hydrogens (tertiary/aromatic N) is 2. The highest BCUT2D eigenvalue weighted by molar-refractivity contribution is 7.91. The average molecular weight is 309 g/mol. The molecule has 0 aromatic carbocycles. The molecule has 2 unspecified atom stereocenters. The largest absolute Gasteiger partial charge is 0.310 e. The van der Waals surface area contributed by atoms with Crippen LogP contribution in [0.4, 0.5) is 0 Å². The van der Waals surface area contributed by atoms with E-state index in [1.54, 1.807) is 0 Å². The van der Waals surface area contributed by atoms with E-state index < -0.39 is 9.84 Å². The molecule has 1 saturated heterocycles. The van der Waals surface area contributed by atoms with Crippen molar-refractivity contribution in [3.05, 3.63) is 23.3 Å². The molecule has 2 aliphatic rings. The van der Waals surface area contributed by atoms with Gasteiger partial charge in [-0.15, -0.1) is 0 Å². The molecule has 1 aromatic rings. The lowest BCUT2D eigenvalue weighted by Gasteiger charge is -2.18. The SMILES string of the molecule is CCNC1CCCCc2nc(C3CCS(=O)(=O)C3)ncc21. The topological polar surface area (TPSA) is 72.0 Å². The van der Waals surface area contributed by atoms with Crippen LogP contribution in [0.15, 0.2) is 6.20 Å². The van der Waals surface area contributed by atoms with E-state index in [4.69, 9.17) is 4.98 Å². The van der Waals surface area contributed by atoms with Gasteiger partial charge in [-0.3, -0.25) is 0 Å². The number of nitrogens with one attached hydrogen (secondary N) is 1. The number of aromatic nitrogens is 2. The maximum atomic E-state index is 11.6. The average Bonchev–Trinajstić information content (AvgIpc) is 2.70. The fourth-order valence-corrected chi connectivity index (χ4v) is 5.12. The third-order valence-corrected chi connectivity index (χ3v) is 6.27. The Morgan fingerprint density at radius 1 is 1.33 bits per heavy atom. The van der Waals surface area contributed by atoms with Crippen LogP contribution in [0.2, 0.25) is 0 Å². The van der Waals surface area contributed by atoms with Gasteiger partial charge in [0.15, 0.2) is 9.84 Å². The molecule has 2 atom stereocenters. The van der Waals surface area contributed by atoms with E-state index in [0.717, 1.165) is 37.3 Å². The summed E-state index contributed by atoms with van der Waals surface area (Å²) in [6.07, 6.45) is 7.04. The fraction of sp³-hybridized carbons (Fsp3) is 0.733. The number of hydrogen-bond donors (Lipinski definition) is 1. The summed E-state index contributed by atoms with van der Waals surface area (Å²) in [6.45, 7) is 3.05. The van der Waals surface area contributed by atoms with E-state index in [1.807, 2.05) is 6.20 Å². The van der Waals surface area contributed by atoms with E-state index in [1.165, 1.54) is 12.0 Å². The van der Waals surface area contributed by atoms with Gasteiger partial charge >= 0.3 is 0 Å². The van der Waals surface area contributed by atoms with Gasteiger partial charge in [-0.05, 0) is 32.2 Å². The van der Waals surface area contributed by atoms with Crippen molar-refractivity contribution < 1.29 is 8.42 Å². The summed E-state index contributed by atoms with van der Waals surface area (Å²) in [4.78, 5) is 9.24. The molecule has 0 saturated carbocycles. The molecule has 1 aliphatic carbocycles. The third-order valence-electron chi connectivity index (χ3n) is 4.50. The summed E-state index contributed by atoms with van der Waals surface area (Å²) in [5.41, 5.74) is 2.33. The summed E-state index contributed by atoms with van der Waals surface area (Å²) in [7, 11) is -2.88. The summed E-state index contributed by atoms with van der Waals surface area (Å²) in [5.74, 6) is 1.20. The number of aryl methyl sites for hydroxylation is 1. The van der Waals surface area contributed by atoms with Crippen molar-refractivity contribution in [3.63, 3.8) is 0 Å². The Bertz CT molecular complexity index is 615. The first kappa shape index (κ1) is 14.9. The van der Waals surface area contributed by atoms with Crippen molar-refractivity contribution in [2.75, 3.05) is 18.1 Å². The van der Waals surface area contributed by atoms with E-state index in [9.17, 15) is 8.42 Å². The summed E-state index contributed by atoms with van der Waals surface area (Å²) < 4.78 is 23.3. The van der Waals surface area contributed by atoms with Crippen molar-refractivity contribution >= 4 is 9.84 Å². The number of sulfone groups is 1. The molecule has 21 heavy (non-hydrogen) atoms. The summed E-state index contributed by atoms with van der Waals surface area (Å²) in [5, 5.41) is 3.51. The van der Waals surface area contributed by atoms with Crippen LogP contribution >= 0.6 is 0 Å². The molecule has 0 spiro atoms. The van der Waals surface area contributed by atoms with Crippen molar-refractivity contribution in [1.29, 1.82) is 0 Å². The smallest absolute Gasteiger partial charge is 0.151 e. The van der Waals surface area contributed by atoms with Crippen LogP contribution in [0.3, 0.4) is 0 Å². The van der Waals surface area contributed by atoms with Crippen LogP contribution in [-0.4, -0.2) is 36.4 Å². The van der Waals surface area contributed by atoms with E-state index in [0.29, 0.717) is 12.5 Å². The summed E-state index contributed by atoms with van der Waals surface area (Å²) in [6, 6.07) is 0.342. The van der Waals surface area contributed by atoms with Crippen LogP contribution in [0, 0.1) is 0 Å². The van der Waals surface area contributed by atoms with Gasteiger partial charge in [-0.2, -0.15) is 0 Å². The van der Waals surface area contributed by atoms with Crippen molar-refractivity contribution in [2.24, 2.45) is 0 Å². The molecule has 1 aliphatic heterocycles. The number of fused-ring (bicyclic) bond motifs is 1. The first-order valence-electron chi connectivity index (χ1n) is 7.88. The Morgan fingerprint density at radius 2 is 2.19 bits per heavy atom. The van der Waals surface area contributed by atoms with Crippen molar-refractivity contribution in [3.8, 4) is 0 Å². The van der Waals surface area contributed by atoms with Crippen molar-refractivity contribution in [2.45, 2.75) is 51.0 Å². The van der Waals surface area contributed by atoms with Gasteiger partial charge in [0.25, 0.3) is 0 Å². The Balaban J connectivity index is 1.88. The van der Waals surface area contributed by atoms with Crippen LogP contribution in [-0.2, 0) is 16.3 Å². The minimum atomic E-state index is -2.88. The second-order valence-electron chi connectivity index (χ2n) is 6.09. The molecule has 3 rings (SSSR count). The Labute approximate surface area is 126 Å². The summed E-state index contributed by atoms with van der Waals surface area (Å²) >= 11 is 0.